The molecule has 0 heterocycles. The molecule has 0 aliphatic carbocycles. The standard InChI is InChI=1S/C15H15FIN/c1-2-18-15(11-6-8-13(16)9-7-11)12-4-3-5-14(17)10-12/h3-10,15,18H,2H2,1H3. The Hall–Kier alpha value is -0.940. The molecule has 94 valence electrons. The highest BCUT2D eigenvalue weighted by atomic mass is 127. The van der Waals surface area contributed by atoms with Crippen LogP contribution < -0.4 is 5.32 Å². The van der Waals surface area contributed by atoms with Gasteiger partial charge < -0.3 is 5.32 Å². The second-order valence-electron chi connectivity index (χ2n) is 4.10. The first-order valence-electron chi connectivity index (χ1n) is 5.95. The van der Waals surface area contributed by atoms with Gasteiger partial charge in [0.15, 0.2) is 0 Å². The highest BCUT2D eigenvalue weighted by molar-refractivity contribution is 14.1. The van der Waals surface area contributed by atoms with Crippen molar-refractivity contribution >= 4 is 22.6 Å². The maximum Gasteiger partial charge on any atom is 0.123 e. The van der Waals surface area contributed by atoms with E-state index in [4.69, 9.17) is 0 Å². The molecular formula is C15H15FIN. The molecule has 1 unspecified atom stereocenters. The first-order valence-corrected chi connectivity index (χ1v) is 7.03. The Balaban J connectivity index is 2.36. The summed E-state index contributed by atoms with van der Waals surface area (Å²) in [5.41, 5.74) is 2.29. The first-order chi connectivity index (χ1) is 8.70. The van der Waals surface area contributed by atoms with Crippen LogP contribution in [0.25, 0.3) is 0 Å². The minimum Gasteiger partial charge on any atom is -0.307 e. The summed E-state index contributed by atoms with van der Waals surface area (Å²) in [5.74, 6) is -0.198. The van der Waals surface area contributed by atoms with Gasteiger partial charge in [-0.1, -0.05) is 31.2 Å². The van der Waals surface area contributed by atoms with Gasteiger partial charge in [-0.15, -0.1) is 0 Å². The van der Waals surface area contributed by atoms with Crippen LogP contribution in [0.1, 0.15) is 24.1 Å². The Morgan fingerprint density at radius 2 is 1.83 bits per heavy atom. The molecule has 0 saturated heterocycles. The van der Waals surface area contributed by atoms with Gasteiger partial charge in [0.2, 0.25) is 0 Å². The summed E-state index contributed by atoms with van der Waals surface area (Å²) >= 11 is 2.30. The Morgan fingerprint density at radius 3 is 2.44 bits per heavy atom. The van der Waals surface area contributed by atoms with Gasteiger partial charge in [-0.3, -0.25) is 0 Å². The van der Waals surface area contributed by atoms with Crippen molar-refractivity contribution in [3.63, 3.8) is 0 Å². The molecule has 18 heavy (non-hydrogen) atoms. The fraction of sp³-hybridized carbons (Fsp3) is 0.200. The molecule has 0 saturated carbocycles. The highest BCUT2D eigenvalue weighted by Crippen LogP contribution is 2.23. The van der Waals surface area contributed by atoms with Crippen LogP contribution in [0.2, 0.25) is 0 Å². The normalized spacial score (nSPS) is 12.4. The van der Waals surface area contributed by atoms with Crippen LogP contribution in [0.15, 0.2) is 48.5 Å². The van der Waals surface area contributed by atoms with E-state index in [0.29, 0.717) is 0 Å². The SMILES string of the molecule is CCNC(c1ccc(F)cc1)c1cccc(I)c1. The third-order valence-electron chi connectivity index (χ3n) is 2.79. The van der Waals surface area contributed by atoms with Gasteiger partial charge in [0, 0.05) is 3.57 Å². The third kappa shape index (κ3) is 3.29. The van der Waals surface area contributed by atoms with Crippen molar-refractivity contribution in [3.8, 4) is 0 Å². The maximum atomic E-state index is 13.0. The molecule has 1 atom stereocenters. The molecule has 2 rings (SSSR count). The Bertz CT molecular complexity index is 510. The summed E-state index contributed by atoms with van der Waals surface area (Å²) in [6.45, 7) is 2.94. The molecule has 1 nitrogen and oxygen atoms in total. The van der Waals surface area contributed by atoms with E-state index in [2.05, 4.69) is 53.0 Å². The van der Waals surface area contributed by atoms with Crippen LogP contribution in [0.5, 0.6) is 0 Å². The summed E-state index contributed by atoms with van der Waals surface area (Å²) in [6.07, 6.45) is 0. The number of hydrogen-bond acceptors (Lipinski definition) is 1. The summed E-state index contributed by atoms with van der Waals surface area (Å²) in [4.78, 5) is 0. The first kappa shape index (κ1) is 13.5. The molecular weight excluding hydrogens is 340 g/mol. The van der Waals surface area contributed by atoms with E-state index in [9.17, 15) is 4.39 Å². The average molecular weight is 355 g/mol. The van der Waals surface area contributed by atoms with Gasteiger partial charge in [0.25, 0.3) is 0 Å². The topological polar surface area (TPSA) is 12.0 Å². The molecule has 0 aliphatic rings. The molecule has 0 aromatic heterocycles. The largest absolute Gasteiger partial charge is 0.307 e. The molecule has 0 aliphatic heterocycles. The van der Waals surface area contributed by atoms with Crippen molar-refractivity contribution in [1.82, 2.24) is 5.32 Å². The number of halogens is 2. The third-order valence-corrected chi connectivity index (χ3v) is 3.46. The summed E-state index contributed by atoms with van der Waals surface area (Å²) in [5, 5.41) is 3.44. The summed E-state index contributed by atoms with van der Waals surface area (Å²) in [7, 11) is 0. The minimum atomic E-state index is -0.198. The van der Waals surface area contributed by atoms with Gasteiger partial charge in [-0.05, 0) is 64.5 Å². The second-order valence-corrected chi connectivity index (χ2v) is 5.34. The molecule has 3 heteroatoms. The second kappa shape index (κ2) is 6.29. The van der Waals surface area contributed by atoms with E-state index in [0.717, 1.165) is 12.1 Å². The van der Waals surface area contributed by atoms with Gasteiger partial charge in [0.05, 0.1) is 6.04 Å². The van der Waals surface area contributed by atoms with Crippen LogP contribution in [0.3, 0.4) is 0 Å². The van der Waals surface area contributed by atoms with Gasteiger partial charge in [-0.25, -0.2) is 4.39 Å². The van der Waals surface area contributed by atoms with Crippen molar-refractivity contribution in [2.75, 3.05) is 6.54 Å². The maximum absolute atomic E-state index is 13.0. The van der Waals surface area contributed by atoms with Gasteiger partial charge in [0.1, 0.15) is 5.82 Å². The van der Waals surface area contributed by atoms with Crippen molar-refractivity contribution in [3.05, 3.63) is 69.0 Å². The quantitative estimate of drug-likeness (QED) is 0.814. The lowest BCUT2D eigenvalue weighted by molar-refractivity contribution is 0.613. The molecule has 1 N–H and O–H groups in total. The van der Waals surface area contributed by atoms with Crippen molar-refractivity contribution < 1.29 is 4.39 Å². The number of hydrogen-bond donors (Lipinski definition) is 1. The van der Waals surface area contributed by atoms with Crippen molar-refractivity contribution in [2.45, 2.75) is 13.0 Å². The summed E-state index contributed by atoms with van der Waals surface area (Å²) in [6, 6.07) is 15.2. The molecule has 0 amide bonds. The fourth-order valence-electron chi connectivity index (χ4n) is 1.97. The highest BCUT2D eigenvalue weighted by Gasteiger charge is 2.12. The Morgan fingerprint density at radius 1 is 1.11 bits per heavy atom. The summed E-state index contributed by atoms with van der Waals surface area (Å²) < 4.78 is 14.2. The predicted molar refractivity (Wildman–Crippen MR) is 81.1 cm³/mol. The van der Waals surface area contributed by atoms with E-state index >= 15 is 0 Å². The lowest BCUT2D eigenvalue weighted by atomic mass is 9.99. The average Bonchev–Trinajstić information content (AvgIpc) is 2.37. The minimum absolute atomic E-state index is 0.116. The van der Waals surface area contributed by atoms with E-state index in [-0.39, 0.29) is 11.9 Å². The fourth-order valence-corrected chi connectivity index (χ4v) is 2.54. The molecule has 0 fully saturated rings. The zero-order valence-electron chi connectivity index (χ0n) is 10.2. The zero-order valence-corrected chi connectivity index (χ0v) is 12.3. The van der Waals surface area contributed by atoms with Crippen molar-refractivity contribution in [2.24, 2.45) is 0 Å². The van der Waals surface area contributed by atoms with Crippen LogP contribution in [-0.2, 0) is 0 Å². The Kier molecular flexibility index (Phi) is 4.72. The van der Waals surface area contributed by atoms with Crippen LogP contribution in [-0.4, -0.2) is 6.54 Å². The van der Waals surface area contributed by atoms with Crippen molar-refractivity contribution in [1.29, 1.82) is 0 Å². The molecule has 2 aromatic carbocycles. The van der Waals surface area contributed by atoms with Crippen LogP contribution >= 0.6 is 22.6 Å². The van der Waals surface area contributed by atoms with E-state index in [1.54, 1.807) is 0 Å². The smallest absolute Gasteiger partial charge is 0.123 e. The molecule has 2 aromatic rings. The molecule has 0 spiro atoms. The number of benzene rings is 2. The van der Waals surface area contributed by atoms with Crippen LogP contribution in [0, 0.1) is 9.39 Å². The van der Waals surface area contributed by atoms with E-state index in [1.165, 1.54) is 21.3 Å². The molecule has 0 radical (unpaired) electrons. The van der Waals surface area contributed by atoms with Crippen LogP contribution in [0.4, 0.5) is 4.39 Å². The lowest BCUT2D eigenvalue weighted by Gasteiger charge is -2.19. The van der Waals surface area contributed by atoms with Gasteiger partial charge in [-0.2, -0.15) is 0 Å². The van der Waals surface area contributed by atoms with E-state index < -0.39 is 0 Å². The van der Waals surface area contributed by atoms with Gasteiger partial charge >= 0.3 is 0 Å². The number of nitrogens with one attached hydrogen (secondary N) is 1. The lowest BCUT2D eigenvalue weighted by Crippen LogP contribution is -2.22. The Labute approximate surface area is 121 Å². The van der Waals surface area contributed by atoms with E-state index in [1.807, 2.05) is 18.2 Å². The monoisotopic (exact) mass is 355 g/mol. The molecule has 0 bridgehead atoms. The zero-order chi connectivity index (χ0) is 13.0. The number of rotatable bonds is 4. The predicted octanol–water partition coefficient (Wildman–Crippen LogP) is 4.13.